The van der Waals surface area contributed by atoms with Gasteiger partial charge in [-0.25, -0.2) is 0 Å². The maximum atomic E-state index is 5.12. The summed E-state index contributed by atoms with van der Waals surface area (Å²) in [7, 11) is 0. The normalized spacial score (nSPS) is 17.3. The smallest absolute Gasteiger partial charge is 0.0516 e. The van der Waals surface area contributed by atoms with E-state index in [4.69, 9.17) is 4.74 Å². The summed E-state index contributed by atoms with van der Waals surface area (Å²) in [5.41, 5.74) is 1.42. The van der Waals surface area contributed by atoms with E-state index in [1.54, 1.807) is 0 Å². The highest BCUT2D eigenvalue weighted by Gasteiger charge is 2.17. The summed E-state index contributed by atoms with van der Waals surface area (Å²) in [6.07, 6.45) is 2.45. The van der Waals surface area contributed by atoms with E-state index in [0.717, 1.165) is 19.1 Å². The van der Waals surface area contributed by atoms with Gasteiger partial charge in [0.25, 0.3) is 0 Å². The number of hydrogen-bond donors (Lipinski definition) is 0. The fourth-order valence-corrected chi connectivity index (χ4v) is 1.41. The van der Waals surface area contributed by atoms with Gasteiger partial charge in [0.1, 0.15) is 0 Å². The average Bonchev–Trinajstić information content (AvgIpc) is 2.04. The Labute approximate surface area is 73.4 Å². The number of rotatable bonds is 3. The predicted molar refractivity (Wildman–Crippen MR) is 47.9 cm³/mol. The molecule has 0 saturated carbocycles. The van der Waals surface area contributed by atoms with Gasteiger partial charge in [-0.15, -0.1) is 0 Å². The fraction of sp³-hybridized carbons (Fsp3) is 0.455. The van der Waals surface area contributed by atoms with Gasteiger partial charge in [0.15, 0.2) is 0 Å². The standard InChI is InChI=1S/C11H13O/c1-2-4-10(5-3-1)6-7-11-8-12-9-11/h2-5,11H,6-9H2. The molecule has 1 nitrogen and oxygen atoms in total. The maximum absolute atomic E-state index is 5.12. The van der Waals surface area contributed by atoms with Crippen LogP contribution in [0.4, 0.5) is 0 Å². The molecule has 1 saturated heterocycles. The van der Waals surface area contributed by atoms with Crippen LogP contribution in [-0.2, 0) is 11.2 Å². The summed E-state index contributed by atoms with van der Waals surface area (Å²) in [6, 6.07) is 11.3. The predicted octanol–water partition coefficient (Wildman–Crippen LogP) is 2.07. The molecule has 1 aliphatic rings. The van der Waals surface area contributed by atoms with E-state index in [-0.39, 0.29) is 0 Å². The van der Waals surface area contributed by atoms with E-state index in [0.29, 0.717) is 0 Å². The molecule has 1 aromatic rings. The van der Waals surface area contributed by atoms with Crippen LogP contribution >= 0.6 is 0 Å². The zero-order valence-electron chi connectivity index (χ0n) is 7.12. The topological polar surface area (TPSA) is 9.23 Å². The van der Waals surface area contributed by atoms with Crippen LogP contribution in [0.1, 0.15) is 12.0 Å². The Balaban J connectivity index is 1.79. The Bertz CT molecular complexity index is 226. The van der Waals surface area contributed by atoms with Gasteiger partial charge in [-0.2, -0.15) is 0 Å². The van der Waals surface area contributed by atoms with Crippen molar-refractivity contribution in [2.75, 3.05) is 13.2 Å². The highest BCUT2D eigenvalue weighted by molar-refractivity contribution is 5.13. The first-order chi connectivity index (χ1) is 5.95. The number of ether oxygens (including phenoxy) is 1. The molecule has 1 aromatic carbocycles. The van der Waals surface area contributed by atoms with Crippen LogP contribution in [0.2, 0.25) is 0 Å². The van der Waals surface area contributed by atoms with Crippen molar-refractivity contribution in [2.24, 2.45) is 5.92 Å². The van der Waals surface area contributed by atoms with Crippen molar-refractivity contribution in [1.29, 1.82) is 0 Å². The van der Waals surface area contributed by atoms with E-state index in [9.17, 15) is 0 Å². The van der Waals surface area contributed by atoms with Crippen molar-refractivity contribution < 1.29 is 4.74 Å². The fourth-order valence-electron chi connectivity index (χ4n) is 1.41. The molecule has 1 heteroatoms. The summed E-state index contributed by atoms with van der Waals surface area (Å²) >= 11 is 0. The monoisotopic (exact) mass is 161 g/mol. The Hall–Kier alpha value is -0.820. The zero-order valence-corrected chi connectivity index (χ0v) is 7.12. The maximum Gasteiger partial charge on any atom is 0.0516 e. The van der Waals surface area contributed by atoms with Crippen LogP contribution in [0.3, 0.4) is 0 Å². The van der Waals surface area contributed by atoms with Crippen LogP contribution in [0, 0.1) is 12.0 Å². The first-order valence-corrected chi connectivity index (χ1v) is 4.48. The lowest BCUT2D eigenvalue weighted by molar-refractivity contribution is -0.0352. The van der Waals surface area contributed by atoms with Gasteiger partial charge in [0, 0.05) is 5.92 Å². The zero-order chi connectivity index (χ0) is 8.23. The Morgan fingerprint density at radius 2 is 2.08 bits per heavy atom. The first kappa shape index (κ1) is 7.81. The van der Waals surface area contributed by atoms with Crippen molar-refractivity contribution in [3.8, 4) is 0 Å². The van der Waals surface area contributed by atoms with Crippen molar-refractivity contribution in [1.82, 2.24) is 0 Å². The van der Waals surface area contributed by atoms with E-state index in [1.165, 1.54) is 18.4 Å². The molecule has 1 radical (unpaired) electrons. The van der Waals surface area contributed by atoms with E-state index in [1.807, 2.05) is 12.1 Å². The molecular weight excluding hydrogens is 148 g/mol. The molecule has 0 bridgehead atoms. The van der Waals surface area contributed by atoms with Gasteiger partial charge in [-0.05, 0) is 24.5 Å². The minimum absolute atomic E-state index is 0.814. The minimum Gasteiger partial charge on any atom is -0.381 e. The molecular formula is C11H13O. The second kappa shape index (κ2) is 3.72. The molecule has 0 atom stereocenters. The lowest BCUT2D eigenvalue weighted by Crippen LogP contribution is -2.27. The van der Waals surface area contributed by atoms with Crippen molar-refractivity contribution in [3.05, 3.63) is 35.9 Å². The van der Waals surface area contributed by atoms with Crippen LogP contribution in [0.15, 0.2) is 24.3 Å². The third-order valence-corrected chi connectivity index (χ3v) is 2.34. The van der Waals surface area contributed by atoms with Crippen molar-refractivity contribution in [2.45, 2.75) is 12.8 Å². The van der Waals surface area contributed by atoms with E-state index in [2.05, 4.69) is 18.2 Å². The summed E-state index contributed by atoms with van der Waals surface area (Å²) in [6.45, 7) is 1.94. The summed E-state index contributed by atoms with van der Waals surface area (Å²) in [4.78, 5) is 0. The van der Waals surface area contributed by atoms with Crippen molar-refractivity contribution in [3.63, 3.8) is 0 Å². The number of hydrogen-bond acceptors (Lipinski definition) is 1. The molecule has 0 aliphatic carbocycles. The molecule has 2 rings (SSSR count). The molecule has 63 valence electrons. The third kappa shape index (κ3) is 1.86. The molecule has 12 heavy (non-hydrogen) atoms. The lowest BCUT2D eigenvalue weighted by Gasteiger charge is -2.25. The van der Waals surface area contributed by atoms with Gasteiger partial charge in [0.05, 0.1) is 13.2 Å². The molecule has 1 aliphatic heterocycles. The molecule has 1 fully saturated rings. The van der Waals surface area contributed by atoms with Crippen LogP contribution < -0.4 is 0 Å². The average molecular weight is 161 g/mol. The quantitative estimate of drug-likeness (QED) is 0.659. The van der Waals surface area contributed by atoms with Crippen LogP contribution in [0.25, 0.3) is 0 Å². The second-order valence-electron chi connectivity index (χ2n) is 3.35. The van der Waals surface area contributed by atoms with Gasteiger partial charge in [-0.1, -0.05) is 24.3 Å². The number of aryl methyl sites for hydroxylation is 1. The molecule has 1 heterocycles. The van der Waals surface area contributed by atoms with Crippen LogP contribution in [-0.4, -0.2) is 13.2 Å². The van der Waals surface area contributed by atoms with Gasteiger partial charge in [-0.3, -0.25) is 0 Å². The largest absolute Gasteiger partial charge is 0.381 e. The Kier molecular flexibility index (Phi) is 2.42. The molecule has 0 spiro atoms. The van der Waals surface area contributed by atoms with E-state index >= 15 is 0 Å². The molecule has 0 N–H and O–H groups in total. The van der Waals surface area contributed by atoms with Gasteiger partial charge in [0.2, 0.25) is 0 Å². The lowest BCUT2D eigenvalue weighted by atomic mass is 9.98. The second-order valence-corrected chi connectivity index (χ2v) is 3.35. The third-order valence-electron chi connectivity index (χ3n) is 2.34. The van der Waals surface area contributed by atoms with Gasteiger partial charge < -0.3 is 4.74 Å². The van der Waals surface area contributed by atoms with E-state index < -0.39 is 0 Å². The van der Waals surface area contributed by atoms with Crippen LogP contribution in [0.5, 0.6) is 0 Å². The van der Waals surface area contributed by atoms with Crippen molar-refractivity contribution >= 4 is 0 Å². The summed E-state index contributed by atoms with van der Waals surface area (Å²) in [5, 5.41) is 0. The SMILES string of the molecule is [c]1ccc(CCC2COC2)cc1. The molecule has 0 unspecified atom stereocenters. The number of benzene rings is 1. The highest BCUT2D eigenvalue weighted by atomic mass is 16.5. The highest BCUT2D eigenvalue weighted by Crippen LogP contribution is 2.16. The summed E-state index contributed by atoms with van der Waals surface area (Å²) < 4.78 is 5.12. The minimum atomic E-state index is 0.814. The Morgan fingerprint density at radius 1 is 1.33 bits per heavy atom. The Morgan fingerprint density at radius 3 is 2.67 bits per heavy atom. The molecule has 0 amide bonds. The molecule has 0 aromatic heterocycles. The summed E-state index contributed by atoms with van der Waals surface area (Å²) in [5.74, 6) is 0.814. The van der Waals surface area contributed by atoms with Gasteiger partial charge >= 0.3 is 0 Å². The first-order valence-electron chi connectivity index (χ1n) is 4.48.